The molecule has 0 heterocycles. The van der Waals surface area contributed by atoms with Crippen molar-refractivity contribution in [1.82, 2.24) is 9.80 Å². The number of hydrogen-bond acceptors (Lipinski definition) is 6. The lowest BCUT2D eigenvalue weighted by Gasteiger charge is -2.72. The van der Waals surface area contributed by atoms with Crippen LogP contribution in [0.25, 0.3) is 0 Å². The number of Topliss-reactive ketones (excluding diaryl/α,β-unsaturated/α-hetero) is 1. The highest BCUT2D eigenvalue weighted by Crippen LogP contribution is 2.77. The van der Waals surface area contributed by atoms with Gasteiger partial charge in [0.1, 0.15) is 6.10 Å². The molecule has 0 aromatic heterocycles. The minimum Gasteiger partial charge on any atom is -0.481 e. The van der Waals surface area contributed by atoms with Gasteiger partial charge in [-0.25, -0.2) is 0 Å². The lowest BCUT2D eigenvalue weighted by atomic mass is 9.33. The third-order valence-electron chi connectivity index (χ3n) is 16.9. The molecule has 52 heavy (non-hydrogen) atoms. The maximum absolute atomic E-state index is 14.2. The van der Waals surface area contributed by atoms with Gasteiger partial charge in [0.15, 0.2) is 5.78 Å². The molecule has 0 spiro atoms. The number of rotatable bonds is 13. The van der Waals surface area contributed by atoms with Crippen LogP contribution >= 0.6 is 0 Å². The number of esters is 1. The maximum Gasteiger partial charge on any atom is 0.309 e. The normalized spacial score (nSPS) is 38.6. The van der Waals surface area contributed by atoms with Gasteiger partial charge in [0.25, 0.3) is 0 Å². The molecule has 0 aromatic carbocycles. The summed E-state index contributed by atoms with van der Waals surface area (Å²) in [6.07, 6.45) is 13.2. The Morgan fingerprint density at radius 1 is 0.865 bits per heavy atom. The average Bonchev–Trinajstić information content (AvgIpc) is 3.80. The van der Waals surface area contributed by atoms with Gasteiger partial charge in [0.2, 0.25) is 0 Å². The van der Waals surface area contributed by atoms with Gasteiger partial charge < -0.3 is 19.6 Å². The Labute approximate surface area is 316 Å². The first-order chi connectivity index (χ1) is 24.1. The highest BCUT2D eigenvalue weighted by Gasteiger charge is 2.70. The molecule has 5 saturated carbocycles. The predicted octanol–water partition coefficient (Wildman–Crippen LogP) is 9.04. The van der Waals surface area contributed by atoms with Crippen LogP contribution in [0.1, 0.15) is 146 Å². The fraction of sp³-hybridized carbons (Fsp3) is 0.889. The molecular formula is C45H74N2O5. The first-order valence-electron chi connectivity index (χ1n) is 21.2. The zero-order valence-corrected chi connectivity index (χ0v) is 35.0. The van der Waals surface area contributed by atoms with Crippen molar-refractivity contribution < 1.29 is 24.2 Å². The summed E-state index contributed by atoms with van der Waals surface area (Å²) in [5, 5.41) is 9.63. The van der Waals surface area contributed by atoms with Gasteiger partial charge in [0.05, 0.1) is 11.8 Å². The maximum atomic E-state index is 14.2. The van der Waals surface area contributed by atoms with E-state index in [-0.39, 0.29) is 51.5 Å². The van der Waals surface area contributed by atoms with Crippen molar-refractivity contribution in [3.63, 3.8) is 0 Å². The van der Waals surface area contributed by atoms with Gasteiger partial charge in [-0.15, -0.1) is 0 Å². The van der Waals surface area contributed by atoms with E-state index in [1.165, 1.54) is 50.6 Å². The van der Waals surface area contributed by atoms with Crippen LogP contribution in [0.2, 0.25) is 0 Å². The monoisotopic (exact) mass is 723 g/mol. The van der Waals surface area contributed by atoms with Gasteiger partial charge in [-0.05, 0) is 157 Å². The van der Waals surface area contributed by atoms with Crippen LogP contribution in [0, 0.1) is 62.1 Å². The topological polar surface area (TPSA) is 87.2 Å². The number of likely N-dealkylation sites (N-methyl/N-ethyl adjacent to an activating group) is 1. The molecule has 0 aromatic rings. The molecule has 7 nitrogen and oxygen atoms in total. The van der Waals surface area contributed by atoms with Crippen LogP contribution in [0.4, 0.5) is 0 Å². The molecule has 6 rings (SSSR count). The number of carboxylic acid groups (broad SMARTS) is 1. The van der Waals surface area contributed by atoms with E-state index in [1.807, 2.05) is 0 Å². The first kappa shape index (κ1) is 39.9. The van der Waals surface area contributed by atoms with Crippen LogP contribution in [-0.4, -0.2) is 79.0 Å². The zero-order valence-electron chi connectivity index (χ0n) is 35.0. The summed E-state index contributed by atoms with van der Waals surface area (Å²) in [6, 6.07) is 0. The molecule has 0 radical (unpaired) electrons. The van der Waals surface area contributed by atoms with Crippen LogP contribution in [0.5, 0.6) is 0 Å². The second-order valence-electron chi connectivity index (χ2n) is 21.5. The largest absolute Gasteiger partial charge is 0.481 e. The third kappa shape index (κ3) is 6.66. The summed E-state index contributed by atoms with van der Waals surface area (Å²) in [6.45, 7) is 24.8. The molecule has 0 amide bonds. The quantitative estimate of drug-likeness (QED) is 0.190. The Balaban J connectivity index is 1.26. The highest BCUT2D eigenvalue weighted by molar-refractivity contribution is 6.00. The Bertz CT molecular complexity index is 1440. The van der Waals surface area contributed by atoms with E-state index in [0.29, 0.717) is 23.5 Å². The van der Waals surface area contributed by atoms with Crippen LogP contribution in [-0.2, 0) is 19.1 Å². The molecule has 0 bridgehead atoms. The Morgan fingerprint density at radius 3 is 2.17 bits per heavy atom. The van der Waals surface area contributed by atoms with Crippen LogP contribution in [0.3, 0.4) is 0 Å². The van der Waals surface area contributed by atoms with E-state index in [1.54, 1.807) is 19.4 Å². The van der Waals surface area contributed by atoms with Crippen molar-refractivity contribution in [2.24, 2.45) is 62.1 Å². The number of nitrogens with zero attached hydrogens (tertiary/aromatic N) is 2. The third-order valence-corrected chi connectivity index (χ3v) is 16.9. The standard InChI is InChI=1S/C45H74N2O5/c1-29(2)37-32(48)26-45(22-23-47(25-24-46(10)11)28-30-12-13-30)21-20-43(8)31(38(37)45)14-15-34-42(7)18-17-35(52-36(49)27-40(3,4)39(50)51)41(5,6)33(42)16-19-44(34,43)9/h29-31,33-35H,12-28H2,1-11H3,(H,50,51)/t31-,33?,34?,35+,42+,43-,44-,45-/m1/s1. The number of fused-ring (bicyclic) bond motifs is 7. The molecule has 1 N–H and O–H groups in total. The van der Waals surface area contributed by atoms with Gasteiger partial charge in [-0.2, -0.15) is 0 Å². The van der Waals surface area contributed by atoms with E-state index < -0.39 is 11.4 Å². The van der Waals surface area contributed by atoms with E-state index in [2.05, 4.69) is 72.4 Å². The van der Waals surface area contributed by atoms with Crippen molar-refractivity contribution >= 4 is 17.7 Å². The number of hydrogen-bond donors (Lipinski definition) is 1. The molecule has 8 atom stereocenters. The van der Waals surface area contributed by atoms with Gasteiger partial charge >= 0.3 is 11.9 Å². The number of ether oxygens (including phenoxy) is 1. The van der Waals surface area contributed by atoms with E-state index >= 15 is 0 Å². The number of ketones is 1. The summed E-state index contributed by atoms with van der Waals surface area (Å²) >= 11 is 0. The number of aliphatic carboxylic acids is 1. The molecule has 5 fully saturated rings. The molecule has 2 unspecified atom stereocenters. The van der Waals surface area contributed by atoms with E-state index in [4.69, 9.17) is 4.74 Å². The SMILES string of the molecule is CC(C)C1=C2[C@H]3CCC4[C@@]5(C)CC[C@H](OC(=O)CC(C)(C)C(=O)O)C(C)(C)C5CC[C@@]4(C)[C@]3(C)CC[C@@]2(CCN(CCN(C)C)CC2CC2)CC1=O. The summed E-state index contributed by atoms with van der Waals surface area (Å²) < 4.78 is 6.20. The lowest BCUT2D eigenvalue weighted by Crippen LogP contribution is -2.65. The van der Waals surface area contributed by atoms with Gasteiger partial charge in [-0.1, -0.05) is 54.0 Å². The van der Waals surface area contributed by atoms with Crippen molar-refractivity contribution in [2.75, 3.05) is 40.3 Å². The minimum atomic E-state index is -1.14. The van der Waals surface area contributed by atoms with Crippen molar-refractivity contribution in [1.29, 1.82) is 0 Å². The molecule has 0 aliphatic heterocycles. The van der Waals surface area contributed by atoms with Crippen molar-refractivity contribution in [2.45, 2.75) is 152 Å². The first-order valence-corrected chi connectivity index (χ1v) is 21.2. The van der Waals surface area contributed by atoms with Crippen molar-refractivity contribution in [3.8, 4) is 0 Å². The number of carboxylic acids is 1. The molecule has 294 valence electrons. The van der Waals surface area contributed by atoms with Crippen LogP contribution < -0.4 is 0 Å². The Kier molecular flexibility index (Phi) is 10.6. The fourth-order valence-corrected chi connectivity index (χ4v) is 13.5. The molecule has 6 aliphatic carbocycles. The van der Waals surface area contributed by atoms with Gasteiger partial charge in [-0.3, -0.25) is 14.4 Å². The predicted molar refractivity (Wildman–Crippen MR) is 208 cm³/mol. The molecule has 7 heteroatoms. The fourth-order valence-electron chi connectivity index (χ4n) is 13.5. The number of allylic oxidation sites excluding steroid dienone is 2. The molecule has 0 saturated heterocycles. The Morgan fingerprint density at radius 2 is 1.56 bits per heavy atom. The second kappa shape index (κ2) is 13.8. The van der Waals surface area contributed by atoms with Crippen molar-refractivity contribution in [3.05, 3.63) is 11.1 Å². The average molecular weight is 723 g/mol. The van der Waals surface area contributed by atoms with Gasteiger partial charge in [0, 0.05) is 36.9 Å². The summed E-state index contributed by atoms with van der Waals surface area (Å²) in [5.41, 5.74) is 1.94. The molecular weight excluding hydrogens is 649 g/mol. The highest BCUT2D eigenvalue weighted by atomic mass is 16.5. The van der Waals surface area contributed by atoms with E-state index in [9.17, 15) is 19.5 Å². The second-order valence-corrected chi connectivity index (χ2v) is 21.5. The summed E-state index contributed by atoms with van der Waals surface area (Å²) in [5.74, 6) is 1.69. The van der Waals surface area contributed by atoms with E-state index in [0.717, 1.165) is 64.1 Å². The summed E-state index contributed by atoms with van der Waals surface area (Å²) in [4.78, 5) is 44.1. The molecule has 6 aliphatic rings. The number of carbonyl (C=O) groups is 3. The van der Waals surface area contributed by atoms with Crippen LogP contribution in [0.15, 0.2) is 11.1 Å². The minimum absolute atomic E-state index is 0.0181. The number of carbonyl (C=O) groups excluding carboxylic acids is 2. The smallest absolute Gasteiger partial charge is 0.309 e. The lowest BCUT2D eigenvalue weighted by molar-refractivity contribution is -0.233. The summed E-state index contributed by atoms with van der Waals surface area (Å²) in [7, 11) is 4.36. The zero-order chi connectivity index (χ0) is 38.2. The Hall–Kier alpha value is -1.73.